The number of hydrogen-bond donors (Lipinski definition) is 2. The van der Waals surface area contributed by atoms with Crippen molar-refractivity contribution >= 4 is 20.8 Å². The van der Waals surface area contributed by atoms with Crippen molar-refractivity contribution in [3.05, 3.63) is 77.9 Å². The highest BCUT2D eigenvalue weighted by molar-refractivity contribution is 7.89. The Labute approximate surface area is 161 Å². The molecule has 2 N–H and O–H groups in total. The zero-order chi connectivity index (χ0) is 19.5. The van der Waals surface area contributed by atoms with E-state index in [1.165, 1.54) is 16.3 Å². The standard InChI is InChI=1S/C22H26N2O2S/c1-22(2,3)24-27(25,26)21-11-7-6-10-20(21)16-23-15-17-12-13-18-8-4-5-9-19(18)14-17/h4-14,23-24H,15-16H2,1-3H3. The Bertz CT molecular complexity index is 1040. The summed E-state index contributed by atoms with van der Waals surface area (Å²) in [6.07, 6.45) is 0. The van der Waals surface area contributed by atoms with Crippen molar-refractivity contribution in [1.29, 1.82) is 0 Å². The third-order valence-corrected chi connectivity index (χ3v) is 6.02. The first-order chi connectivity index (χ1) is 12.7. The van der Waals surface area contributed by atoms with Crippen molar-refractivity contribution in [2.75, 3.05) is 0 Å². The van der Waals surface area contributed by atoms with Crippen molar-refractivity contribution < 1.29 is 8.42 Å². The van der Waals surface area contributed by atoms with Crippen LogP contribution in [-0.2, 0) is 23.1 Å². The normalized spacial score (nSPS) is 12.4. The topological polar surface area (TPSA) is 58.2 Å². The number of sulfonamides is 1. The number of hydrogen-bond acceptors (Lipinski definition) is 3. The Morgan fingerprint density at radius 3 is 2.22 bits per heavy atom. The van der Waals surface area contributed by atoms with E-state index in [9.17, 15) is 8.42 Å². The van der Waals surface area contributed by atoms with Gasteiger partial charge in [0.15, 0.2) is 0 Å². The second-order valence-corrected chi connectivity index (χ2v) is 9.40. The van der Waals surface area contributed by atoms with Gasteiger partial charge in [0.2, 0.25) is 10.0 Å². The molecule has 0 radical (unpaired) electrons. The smallest absolute Gasteiger partial charge is 0.241 e. The van der Waals surface area contributed by atoms with Crippen LogP contribution in [0.5, 0.6) is 0 Å². The number of nitrogens with one attached hydrogen (secondary N) is 2. The molecule has 0 saturated carbocycles. The maximum atomic E-state index is 12.7. The highest BCUT2D eigenvalue weighted by Gasteiger charge is 2.23. The van der Waals surface area contributed by atoms with Gasteiger partial charge in [0.1, 0.15) is 0 Å². The minimum atomic E-state index is -3.56. The van der Waals surface area contributed by atoms with Crippen molar-refractivity contribution in [2.45, 2.75) is 44.3 Å². The average Bonchev–Trinajstić information content (AvgIpc) is 2.60. The van der Waals surface area contributed by atoms with E-state index in [2.05, 4.69) is 40.4 Å². The molecule has 0 unspecified atom stereocenters. The summed E-state index contributed by atoms with van der Waals surface area (Å²) in [6, 6.07) is 21.7. The average molecular weight is 383 g/mol. The van der Waals surface area contributed by atoms with Crippen molar-refractivity contribution in [2.24, 2.45) is 0 Å². The zero-order valence-electron chi connectivity index (χ0n) is 16.0. The van der Waals surface area contributed by atoms with Crippen LogP contribution >= 0.6 is 0 Å². The zero-order valence-corrected chi connectivity index (χ0v) is 16.8. The summed E-state index contributed by atoms with van der Waals surface area (Å²) < 4.78 is 28.1. The second kappa shape index (κ2) is 7.80. The molecule has 3 rings (SSSR count). The fourth-order valence-electron chi connectivity index (χ4n) is 3.06. The quantitative estimate of drug-likeness (QED) is 0.671. The van der Waals surface area contributed by atoms with E-state index in [4.69, 9.17) is 0 Å². The summed E-state index contributed by atoms with van der Waals surface area (Å²) in [7, 11) is -3.56. The molecule has 5 heteroatoms. The molecule has 0 bridgehead atoms. The number of benzene rings is 3. The Hall–Kier alpha value is -2.21. The Kier molecular flexibility index (Phi) is 5.65. The van der Waals surface area contributed by atoms with Crippen molar-refractivity contribution in [1.82, 2.24) is 10.0 Å². The summed E-state index contributed by atoms with van der Waals surface area (Å²) >= 11 is 0. The van der Waals surface area contributed by atoms with Gasteiger partial charge in [-0.3, -0.25) is 0 Å². The first-order valence-electron chi connectivity index (χ1n) is 9.05. The first-order valence-corrected chi connectivity index (χ1v) is 10.5. The van der Waals surface area contributed by atoms with E-state index in [1.54, 1.807) is 12.1 Å². The molecule has 27 heavy (non-hydrogen) atoms. The molecule has 4 nitrogen and oxygen atoms in total. The monoisotopic (exact) mass is 382 g/mol. The molecule has 0 aliphatic heterocycles. The summed E-state index contributed by atoms with van der Waals surface area (Å²) in [4.78, 5) is 0.325. The summed E-state index contributed by atoms with van der Waals surface area (Å²) in [6.45, 7) is 6.67. The van der Waals surface area contributed by atoms with Crippen LogP contribution in [0.3, 0.4) is 0 Å². The molecule has 3 aromatic carbocycles. The summed E-state index contributed by atoms with van der Waals surface area (Å²) in [5.41, 5.74) is 1.40. The molecular weight excluding hydrogens is 356 g/mol. The Morgan fingerprint density at radius 1 is 0.815 bits per heavy atom. The first kappa shape index (κ1) is 19.5. The van der Waals surface area contributed by atoms with Crippen LogP contribution in [0.4, 0.5) is 0 Å². The SMILES string of the molecule is CC(C)(C)NS(=O)(=O)c1ccccc1CNCc1ccc2ccccc2c1. The molecule has 0 aliphatic rings. The van der Waals surface area contributed by atoms with Gasteiger partial charge in [0, 0.05) is 18.6 Å². The van der Waals surface area contributed by atoms with Crippen LogP contribution in [0.15, 0.2) is 71.6 Å². The van der Waals surface area contributed by atoms with Crippen LogP contribution in [0, 0.1) is 0 Å². The van der Waals surface area contributed by atoms with E-state index in [0.29, 0.717) is 18.0 Å². The molecule has 0 aromatic heterocycles. The highest BCUT2D eigenvalue weighted by Crippen LogP contribution is 2.19. The van der Waals surface area contributed by atoms with Crippen molar-refractivity contribution in [3.8, 4) is 0 Å². The van der Waals surface area contributed by atoms with Gasteiger partial charge in [0.05, 0.1) is 4.90 Å². The van der Waals surface area contributed by atoms with E-state index in [0.717, 1.165) is 5.56 Å². The molecular formula is C22H26N2O2S. The lowest BCUT2D eigenvalue weighted by Crippen LogP contribution is -2.40. The summed E-state index contributed by atoms with van der Waals surface area (Å²) in [5, 5.41) is 5.78. The molecule has 0 fully saturated rings. The third kappa shape index (κ3) is 5.16. The van der Waals surface area contributed by atoms with Gasteiger partial charge >= 0.3 is 0 Å². The van der Waals surface area contributed by atoms with Gasteiger partial charge in [-0.1, -0.05) is 54.6 Å². The van der Waals surface area contributed by atoms with E-state index in [1.807, 2.05) is 45.0 Å². The van der Waals surface area contributed by atoms with Crippen LogP contribution in [0.25, 0.3) is 10.8 Å². The van der Waals surface area contributed by atoms with Gasteiger partial charge in [0.25, 0.3) is 0 Å². The van der Waals surface area contributed by atoms with E-state index >= 15 is 0 Å². The van der Waals surface area contributed by atoms with Gasteiger partial charge < -0.3 is 5.32 Å². The maximum absolute atomic E-state index is 12.7. The molecule has 0 atom stereocenters. The summed E-state index contributed by atoms with van der Waals surface area (Å²) in [5.74, 6) is 0. The Balaban J connectivity index is 1.73. The molecule has 0 saturated heterocycles. The molecule has 0 heterocycles. The van der Waals surface area contributed by atoms with Gasteiger partial charge in [-0.2, -0.15) is 0 Å². The van der Waals surface area contributed by atoms with Gasteiger partial charge in [-0.15, -0.1) is 0 Å². The largest absolute Gasteiger partial charge is 0.309 e. The lowest BCUT2D eigenvalue weighted by atomic mass is 10.1. The van der Waals surface area contributed by atoms with Crippen LogP contribution in [0.2, 0.25) is 0 Å². The fourth-order valence-corrected chi connectivity index (χ4v) is 4.72. The van der Waals surface area contributed by atoms with Gasteiger partial charge in [-0.05, 0) is 54.8 Å². The second-order valence-electron chi connectivity index (χ2n) is 7.75. The van der Waals surface area contributed by atoms with Crippen LogP contribution in [-0.4, -0.2) is 14.0 Å². The third-order valence-electron chi connectivity index (χ3n) is 4.16. The van der Waals surface area contributed by atoms with Crippen LogP contribution in [0.1, 0.15) is 31.9 Å². The molecule has 142 valence electrons. The molecule has 3 aromatic rings. The maximum Gasteiger partial charge on any atom is 0.241 e. The minimum absolute atomic E-state index is 0.325. The van der Waals surface area contributed by atoms with E-state index < -0.39 is 15.6 Å². The number of rotatable bonds is 6. The molecule has 0 aliphatic carbocycles. The van der Waals surface area contributed by atoms with Crippen LogP contribution < -0.4 is 10.0 Å². The Morgan fingerprint density at radius 2 is 1.48 bits per heavy atom. The van der Waals surface area contributed by atoms with Gasteiger partial charge in [-0.25, -0.2) is 13.1 Å². The molecule has 0 spiro atoms. The van der Waals surface area contributed by atoms with E-state index in [-0.39, 0.29) is 0 Å². The minimum Gasteiger partial charge on any atom is -0.309 e. The van der Waals surface area contributed by atoms with Crippen molar-refractivity contribution in [3.63, 3.8) is 0 Å². The highest BCUT2D eigenvalue weighted by atomic mass is 32.2. The number of fused-ring (bicyclic) bond motifs is 1. The predicted octanol–water partition coefficient (Wildman–Crippen LogP) is 4.21. The lowest BCUT2D eigenvalue weighted by molar-refractivity contribution is 0.490. The fraction of sp³-hybridized carbons (Fsp3) is 0.273. The molecule has 0 amide bonds. The lowest BCUT2D eigenvalue weighted by Gasteiger charge is -2.21. The predicted molar refractivity (Wildman–Crippen MR) is 111 cm³/mol.